The quantitative estimate of drug-likeness (QED) is 0.888. The average Bonchev–Trinajstić information content (AvgIpc) is 2.60. The molecule has 0 amide bonds. The van der Waals surface area contributed by atoms with Crippen LogP contribution in [0.25, 0.3) is 0 Å². The van der Waals surface area contributed by atoms with Crippen LogP contribution >= 0.6 is 11.6 Å². The summed E-state index contributed by atoms with van der Waals surface area (Å²) in [6.07, 6.45) is 0.431. The standard InChI is InChI=1S/C14H10ClF2NO4S/c1-7-4-8(6-18-5-7)22-9-2-3-10-11(12(9)15)13(19)14(16,17)23(10,20)21/h2-6,13,19H,1H3. The van der Waals surface area contributed by atoms with E-state index in [1.807, 2.05) is 0 Å². The highest BCUT2D eigenvalue weighted by Crippen LogP contribution is 2.53. The Bertz CT molecular complexity index is 902. The fraction of sp³-hybridized carbons (Fsp3) is 0.214. The van der Waals surface area contributed by atoms with Crippen LogP contribution in [0.1, 0.15) is 17.2 Å². The number of benzene rings is 1. The number of nitrogens with zero attached hydrogens (tertiary/aromatic N) is 1. The van der Waals surface area contributed by atoms with Crippen molar-refractivity contribution in [2.75, 3.05) is 0 Å². The number of halogens is 3. The lowest BCUT2D eigenvalue weighted by molar-refractivity contribution is -0.0375. The summed E-state index contributed by atoms with van der Waals surface area (Å²) >= 11 is 5.99. The Kier molecular flexibility index (Phi) is 3.58. The maximum Gasteiger partial charge on any atom is 0.379 e. The third-order valence-electron chi connectivity index (χ3n) is 3.42. The van der Waals surface area contributed by atoms with Crippen LogP contribution in [0.3, 0.4) is 0 Å². The van der Waals surface area contributed by atoms with Gasteiger partial charge >= 0.3 is 5.25 Å². The maximum atomic E-state index is 13.8. The number of aliphatic hydroxyl groups excluding tert-OH is 1. The molecule has 1 aliphatic heterocycles. The summed E-state index contributed by atoms with van der Waals surface area (Å²) in [6.45, 7) is 1.78. The summed E-state index contributed by atoms with van der Waals surface area (Å²) in [5.41, 5.74) is 0.240. The van der Waals surface area contributed by atoms with E-state index in [-0.39, 0.29) is 10.8 Å². The first-order chi connectivity index (χ1) is 10.7. The second-order valence-electron chi connectivity index (χ2n) is 5.06. The number of sulfone groups is 1. The molecular weight excluding hydrogens is 352 g/mol. The Morgan fingerprint density at radius 1 is 1.35 bits per heavy atom. The zero-order valence-electron chi connectivity index (χ0n) is 11.6. The third-order valence-corrected chi connectivity index (χ3v) is 5.69. The van der Waals surface area contributed by atoms with Crippen LogP contribution in [-0.2, 0) is 9.84 Å². The van der Waals surface area contributed by atoms with E-state index >= 15 is 0 Å². The van der Waals surface area contributed by atoms with E-state index < -0.39 is 31.7 Å². The van der Waals surface area contributed by atoms with E-state index in [1.54, 1.807) is 19.2 Å². The van der Waals surface area contributed by atoms with Crippen molar-refractivity contribution in [3.63, 3.8) is 0 Å². The van der Waals surface area contributed by atoms with E-state index in [1.165, 1.54) is 6.20 Å². The van der Waals surface area contributed by atoms with Crippen LogP contribution < -0.4 is 4.74 Å². The summed E-state index contributed by atoms with van der Waals surface area (Å²) in [5, 5.41) is 4.97. The number of aromatic nitrogens is 1. The van der Waals surface area contributed by atoms with Crippen molar-refractivity contribution >= 4 is 21.4 Å². The van der Waals surface area contributed by atoms with E-state index in [9.17, 15) is 22.3 Å². The molecule has 0 fully saturated rings. The van der Waals surface area contributed by atoms with Gasteiger partial charge in [0.15, 0.2) is 6.10 Å². The van der Waals surface area contributed by atoms with Gasteiger partial charge in [-0.15, -0.1) is 0 Å². The lowest BCUT2D eigenvalue weighted by Crippen LogP contribution is -2.28. The Morgan fingerprint density at radius 3 is 2.70 bits per heavy atom. The van der Waals surface area contributed by atoms with Crippen LogP contribution in [0.5, 0.6) is 11.5 Å². The fourth-order valence-electron chi connectivity index (χ4n) is 2.29. The summed E-state index contributed by atoms with van der Waals surface area (Å²) in [5.74, 6) is 0.249. The molecule has 2 heterocycles. The molecular formula is C14H10ClF2NO4S. The number of alkyl halides is 2. The van der Waals surface area contributed by atoms with Crippen LogP contribution in [0, 0.1) is 6.92 Å². The molecule has 1 aromatic heterocycles. The largest absolute Gasteiger partial charge is 0.454 e. The van der Waals surface area contributed by atoms with Crippen molar-refractivity contribution in [3.05, 3.63) is 46.7 Å². The Hall–Kier alpha value is -1.77. The minimum Gasteiger partial charge on any atom is -0.454 e. The van der Waals surface area contributed by atoms with Gasteiger partial charge in [0.25, 0.3) is 0 Å². The lowest BCUT2D eigenvalue weighted by atomic mass is 10.1. The molecule has 5 nitrogen and oxygen atoms in total. The molecule has 1 N–H and O–H groups in total. The lowest BCUT2D eigenvalue weighted by Gasteiger charge is -2.13. The van der Waals surface area contributed by atoms with Gasteiger partial charge in [0.1, 0.15) is 11.5 Å². The fourth-order valence-corrected chi connectivity index (χ4v) is 4.11. The topological polar surface area (TPSA) is 76.5 Å². The minimum absolute atomic E-state index is 0.0511. The molecule has 1 aromatic carbocycles. The normalized spacial score (nSPS) is 21.0. The van der Waals surface area contributed by atoms with Gasteiger partial charge < -0.3 is 9.84 Å². The van der Waals surface area contributed by atoms with Crippen molar-refractivity contribution < 1.29 is 27.0 Å². The summed E-state index contributed by atoms with van der Waals surface area (Å²) < 4.78 is 56.5. The SMILES string of the molecule is Cc1cncc(Oc2ccc3c(c2Cl)C(O)C(F)(F)S3(=O)=O)c1. The smallest absolute Gasteiger partial charge is 0.379 e. The van der Waals surface area contributed by atoms with Gasteiger partial charge in [0, 0.05) is 11.8 Å². The highest BCUT2D eigenvalue weighted by molar-refractivity contribution is 7.92. The third kappa shape index (κ3) is 2.29. The van der Waals surface area contributed by atoms with Gasteiger partial charge in [-0.3, -0.25) is 4.98 Å². The molecule has 122 valence electrons. The molecule has 0 saturated carbocycles. The number of rotatable bonds is 2. The Labute approximate surface area is 135 Å². The number of ether oxygens (including phenoxy) is 1. The molecule has 3 rings (SSSR count). The summed E-state index contributed by atoms with van der Waals surface area (Å²) in [4.78, 5) is 3.21. The van der Waals surface area contributed by atoms with E-state index in [4.69, 9.17) is 16.3 Å². The average molecular weight is 362 g/mol. The molecule has 1 unspecified atom stereocenters. The molecule has 0 aliphatic carbocycles. The Morgan fingerprint density at radius 2 is 2.04 bits per heavy atom. The number of aryl methyl sites for hydroxylation is 1. The number of fused-ring (bicyclic) bond motifs is 1. The maximum absolute atomic E-state index is 13.8. The first kappa shape index (κ1) is 16.1. The van der Waals surface area contributed by atoms with Crippen LogP contribution in [-0.4, -0.2) is 23.8 Å². The van der Waals surface area contributed by atoms with Gasteiger partial charge in [-0.25, -0.2) is 8.42 Å². The van der Waals surface area contributed by atoms with Gasteiger partial charge in [-0.2, -0.15) is 8.78 Å². The van der Waals surface area contributed by atoms with Gasteiger partial charge in [0.2, 0.25) is 9.84 Å². The predicted octanol–water partition coefficient (Wildman–Crippen LogP) is 3.25. The van der Waals surface area contributed by atoms with Gasteiger partial charge in [0.05, 0.1) is 16.1 Å². The number of pyridine rings is 1. The highest BCUT2D eigenvalue weighted by Gasteiger charge is 2.61. The monoisotopic (exact) mass is 361 g/mol. The Balaban J connectivity index is 2.11. The molecule has 0 spiro atoms. The number of hydrogen-bond donors (Lipinski definition) is 1. The summed E-state index contributed by atoms with van der Waals surface area (Å²) in [6, 6.07) is 3.74. The molecule has 1 atom stereocenters. The van der Waals surface area contributed by atoms with Gasteiger partial charge in [-0.1, -0.05) is 11.6 Å². The first-order valence-corrected chi connectivity index (χ1v) is 8.25. The molecule has 1 aliphatic rings. The van der Waals surface area contributed by atoms with Crippen molar-refractivity contribution in [2.45, 2.75) is 23.2 Å². The van der Waals surface area contributed by atoms with Gasteiger partial charge in [-0.05, 0) is 30.7 Å². The van der Waals surface area contributed by atoms with E-state index in [0.717, 1.165) is 17.7 Å². The first-order valence-electron chi connectivity index (χ1n) is 6.38. The van der Waals surface area contributed by atoms with Crippen molar-refractivity contribution in [1.29, 1.82) is 0 Å². The molecule has 23 heavy (non-hydrogen) atoms. The molecule has 2 aromatic rings. The van der Waals surface area contributed by atoms with Crippen LogP contribution in [0.15, 0.2) is 35.5 Å². The number of aliphatic hydroxyl groups is 1. The summed E-state index contributed by atoms with van der Waals surface area (Å²) in [7, 11) is -4.99. The van der Waals surface area contributed by atoms with E-state index in [0.29, 0.717) is 5.75 Å². The molecule has 0 bridgehead atoms. The van der Waals surface area contributed by atoms with Crippen LogP contribution in [0.2, 0.25) is 5.02 Å². The second-order valence-corrected chi connectivity index (χ2v) is 7.43. The van der Waals surface area contributed by atoms with Crippen molar-refractivity contribution in [3.8, 4) is 11.5 Å². The van der Waals surface area contributed by atoms with Crippen LogP contribution in [0.4, 0.5) is 8.78 Å². The van der Waals surface area contributed by atoms with Crippen molar-refractivity contribution in [2.24, 2.45) is 0 Å². The minimum atomic E-state index is -4.99. The molecule has 0 saturated heterocycles. The predicted molar refractivity (Wildman–Crippen MR) is 77.6 cm³/mol. The zero-order valence-corrected chi connectivity index (χ0v) is 13.2. The number of hydrogen-bond acceptors (Lipinski definition) is 5. The van der Waals surface area contributed by atoms with E-state index in [2.05, 4.69) is 4.98 Å². The molecule has 9 heteroatoms. The second kappa shape index (κ2) is 5.12. The highest BCUT2D eigenvalue weighted by atomic mass is 35.5. The van der Waals surface area contributed by atoms with Crippen molar-refractivity contribution in [1.82, 2.24) is 4.98 Å². The zero-order chi connectivity index (χ0) is 17.0. The molecule has 0 radical (unpaired) electrons.